The first-order valence-corrected chi connectivity index (χ1v) is 7.50. The van der Waals surface area contributed by atoms with Gasteiger partial charge in [-0.3, -0.25) is 0 Å². The molecule has 0 radical (unpaired) electrons. The highest BCUT2D eigenvalue weighted by Crippen LogP contribution is 2.23. The first kappa shape index (κ1) is 13.3. The monoisotopic (exact) mass is 306 g/mol. The van der Waals surface area contributed by atoms with Crippen molar-refractivity contribution in [2.45, 2.75) is 19.4 Å². The number of imidazole rings is 1. The summed E-state index contributed by atoms with van der Waals surface area (Å²) in [5.74, 6) is 0.871. The molecule has 104 valence electrons. The van der Waals surface area contributed by atoms with Crippen molar-refractivity contribution >= 4 is 34.7 Å². The Labute approximate surface area is 125 Å². The van der Waals surface area contributed by atoms with Crippen molar-refractivity contribution < 1.29 is 4.74 Å². The van der Waals surface area contributed by atoms with Crippen LogP contribution in [0.1, 0.15) is 17.8 Å². The molecule has 0 spiro atoms. The number of rotatable bonds is 4. The second-order valence-electron chi connectivity index (χ2n) is 4.54. The second-order valence-corrected chi connectivity index (χ2v) is 5.85. The van der Waals surface area contributed by atoms with Crippen molar-refractivity contribution in [1.29, 1.82) is 0 Å². The topological polar surface area (TPSA) is 55.7 Å². The lowest BCUT2D eigenvalue weighted by Crippen LogP contribution is -2.07. The molecule has 0 aliphatic carbocycles. The number of hydrogen-bond acceptors (Lipinski definition) is 5. The maximum atomic E-state index is 5.39. The van der Waals surface area contributed by atoms with E-state index in [-0.39, 0.29) is 5.92 Å². The van der Waals surface area contributed by atoms with Crippen LogP contribution in [-0.4, -0.2) is 26.6 Å². The fourth-order valence-corrected chi connectivity index (χ4v) is 3.09. The van der Waals surface area contributed by atoms with Crippen molar-refractivity contribution in [3.63, 3.8) is 0 Å². The zero-order valence-corrected chi connectivity index (χ0v) is 12.8. The average Bonchev–Trinajstić information content (AvgIpc) is 3.07. The van der Waals surface area contributed by atoms with E-state index in [2.05, 4.69) is 21.9 Å². The van der Waals surface area contributed by atoms with Crippen LogP contribution in [0, 0.1) is 4.77 Å². The summed E-state index contributed by atoms with van der Waals surface area (Å²) >= 11 is 7.05. The molecule has 0 aromatic carbocycles. The molecule has 0 aliphatic rings. The van der Waals surface area contributed by atoms with E-state index >= 15 is 0 Å². The zero-order valence-electron chi connectivity index (χ0n) is 11.2. The predicted molar refractivity (Wildman–Crippen MR) is 82.0 cm³/mol. The Morgan fingerprint density at radius 3 is 3.05 bits per heavy atom. The first-order chi connectivity index (χ1) is 9.69. The smallest absolute Gasteiger partial charge is 0.215 e. The molecule has 3 rings (SSSR count). The highest BCUT2D eigenvalue weighted by molar-refractivity contribution is 7.71. The highest BCUT2D eigenvalue weighted by atomic mass is 32.1. The fourth-order valence-electron chi connectivity index (χ4n) is 2.13. The van der Waals surface area contributed by atoms with Crippen LogP contribution in [0.2, 0.25) is 0 Å². The molecule has 3 heterocycles. The minimum absolute atomic E-state index is 0.286. The van der Waals surface area contributed by atoms with Crippen LogP contribution in [-0.2, 0) is 6.54 Å². The Balaban J connectivity index is 2.02. The van der Waals surface area contributed by atoms with Crippen molar-refractivity contribution in [3.8, 4) is 5.88 Å². The third-order valence-electron chi connectivity index (χ3n) is 3.13. The van der Waals surface area contributed by atoms with Gasteiger partial charge >= 0.3 is 0 Å². The second kappa shape index (κ2) is 5.34. The number of methoxy groups -OCH3 is 1. The van der Waals surface area contributed by atoms with Crippen LogP contribution < -0.4 is 4.74 Å². The molecule has 1 unspecified atom stereocenters. The summed E-state index contributed by atoms with van der Waals surface area (Å²) in [4.78, 5) is 12.0. The van der Waals surface area contributed by atoms with E-state index in [9.17, 15) is 0 Å². The largest absolute Gasteiger partial charge is 0.481 e. The molecule has 3 aromatic rings. The van der Waals surface area contributed by atoms with E-state index in [1.165, 1.54) is 0 Å². The van der Waals surface area contributed by atoms with Gasteiger partial charge in [-0.05, 0) is 18.3 Å². The molecule has 0 amide bonds. The van der Waals surface area contributed by atoms with Crippen LogP contribution >= 0.6 is 23.6 Å². The van der Waals surface area contributed by atoms with Crippen LogP contribution in [0.15, 0.2) is 23.7 Å². The summed E-state index contributed by atoms with van der Waals surface area (Å²) in [6, 6.07) is 3.75. The first-order valence-electron chi connectivity index (χ1n) is 6.22. The van der Waals surface area contributed by atoms with Crippen molar-refractivity contribution in [3.05, 3.63) is 33.5 Å². The SMILES string of the molecule is COc1ccc2[nH]c(=S)n(CC(C)c3nccs3)c2n1. The number of aromatic nitrogens is 4. The molecule has 7 heteroatoms. The Bertz CT molecular complexity index is 775. The predicted octanol–water partition coefficient (Wildman–Crippen LogP) is 3.36. The van der Waals surface area contributed by atoms with Gasteiger partial charge in [0, 0.05) is 30.1 Å². The fraction of sp³-hybridized carbons (Fsp3) is 0.308. The molecule has 0 aliphatic heterocycles. The number of H-pyrrole nitrogens is 1. The number of fused-ring (bicyclic) bond motifs is 1. The minimum atomic E-state index is 0.286. The molecule has 5 nitrogen and oxygen atoms in total. The molecular weight excluding hydrogens is 292 g/mol. The lowest BCUT2D eigenvalue weighted by molar-refractivity contribution is 0.398. The lowest BCUT2D eigenvalue weighted by atomic mass is 10.2. The Hall–Kier alpha value is -1.73. The zero-order chi connectivity index (χ0) is 14.1. The van der Waals surface area contributed by atoms with Crippen molar-refractivity contribution in [1.82, 2.24) is 19.5 Å². The third kappa shape index (κ3) is 2.34. The molecule has 1 atom stereocenters. The Morgan fingerprint density at radius 1 is 1.50 bits per heavy atom. The number of pyridine rings is 1. The van der Waals surface area contributed by atoms with Crippen LogP contribution in [0.3, 0.4) is 0 Å². The van der Waals surface area contributed by atoms with E-state index in [1.54, 1.807) is 18.4 Å². The number of thiazole rings is 1. The van der Waals surface area contributed by atoms with Gasteiger partial charge in [0.15, 0.2) is 10.4 Å². The number of nitrogens with one attached hydrogen (secondary N) is 1. The van der Waals surface area contributed by atoms with Gasteiger partial charge in [-0.25, -0.2) is 4.98 Å². The van der Waals surface area contributed by atoms with E-state index < -0.39 is 0 Å². The van der Waals surface area contributed by atoms with Gasteiger partial charge < -0.3 is 14.3 Å². The van der Waals surface area contributed by atoms with E-state index in [4.69, 9.17) is 17.0 Å². The summed E-state index contributed by atoms with van der Waals surface area (Å²) in [5, 5.41) is 3.09. The minimum Gasteiger partial charge on any atom is -0.481 e. The molecule has 3 aromatic heterocycles. The molecule has 20 heavy (non-hydrogen) atoms. The molecule has 0 fully saturated rings. The van der Waals surface area contributed by atoms with Gasteiger partial charge in [0.2, 0.25) is 5.88 Å². The van der Waals surface area contributed by atoms with Gasteiger partial charge in [-0.1, -0.05) is 6.92 Å². The quantitative estimate of drug-likeness (QED) is 0.751. The molecule has 0 saturated carbocycles. The Morgan fingerprint density at radius 2 is 2.35 bits per heavy atom. The number of nitrogens with zero attached hydrogens (tertiary/aromatic N) is 3. The van der Waals surface area contributed by atoms with Gasteiger partial charge in [-0.2, -0.15) is 4.98 Å². The Kier molecular flexibility index (Phi) is 3.54. The van der Waals surface area contributed by atoms with Gasteiger partial charge in [0.05, 0.1) is 17.6 Å². The van der Waals surface area contributed by atoms with Gasteiger partial charge in [0.1, 0.15) is 0 Å². The van der Waals surface area contributed by atoms with Crippen molar-refractivity contribution in [2.75, 3.05) is 7.11 Å². The van der Waals surface area contributed by atoms with Crippen LogP contribution in [0.4, 0.5) is 0 Å². The van der Waals surface area contributed by atoms with Gasteiger partial charge in [-0.15, -0.1) is 11.3 Å². The average molecular weight is 306 g/mol. The number of hydrogen-bond donors (Lipinski definition) is 1. The molecular formula is C13H14N4OS2. The van der Waals surface area contributed by atoms with Crippen LogP contribution in [0.5, 0.6) is 5.88 Å². The summed E-state index contributed by atoms with van der Waals surface area (Å²) in [6.07, 6.45) is 1.83. The van der Waals surface area contributed by atoms with Crippen molar-refractivity contribution in [2.24, 2.45) is 0 Å². The summed E-state index contributed by atoms with van der Waals surface area (Å²) in [6.45, 7) is 2.88. The summed E-state index contributed by atoms with van der Waals surface area (Å²) in [5.41, 5.74) is 1.74. The molecule has 0 bridgehead atoms. The lowest BCUT2D eigenvalue weighted by Gasteiger charge is -2.10. The standard InChI is InChI=1S/C13H14N4OS2/c1-8(12-14-5-6-20-12)7-17-11-9(15-13(17)19)3-4-10(16-11)18-2/h3-6,8H,7H2,1-2H3,(H,15,19). The van der Waals surface area contributed by atoms with Crippen LogP contribution in [0.25, 0.3) is 11.2 Å². The highest BCUT2D eigenvalue weighted by Gasteiger charge is 2.13. The molecule has 0 saturated heterocycles. The summed E-state index contributed by atoms with van der Waals surface area (Å²) in [7, 11) is 1.61. The van der Waals surface area contributed by atoms with E-state index in [0.717, 1.165) is 22.7 Å². The third-order valence-corrected chi connectivity index (χ3v) is 4.46. The summed E-state index contributed by atoms with van der Waals surface area (Å²) < 4.78 is 7.85. The molecule has 1 N–H and O–H groups in total. The van der Waals surface area contributed by atoms with E-state index in [1.807, 2.05) is 28.3 Å². The normalized spacial score (nSPS) is 12.7. The van der Waals surface area contributed by atoms with E-state index in [0.29, 0.717) is 10.7 Å². The maximum absolute atomic E-state index is 5.39. The number of aromatic amines is 1. The van der Waals surface area contributed by atoms with Gasteiger partial charge in [0.25, 0.3) is 0 Å². The maximum Gasteiger partial charge on any atom is 0.215 e. The number of ether oxygens (including phenoxy) is 1.